The second kappa shape index (κ2) is 4.45. The van der Waals surface area contributed by atoms with E-state index in [1.807, 2.05) is 0 Å². The number of hydrogen-bond donors (Lipinski definition) is 1. The molecule has 0 saturated heterocycles. The SMILES string of the molecule is COC(=O)CN(C)c1cccc(N)n1. The number of methoxy groups -OCH3 is 1. The average molecular weight is 195 g/mol. The molecule has 0 radical (unpaired) electrons. The van der Waals surface area contributed by atoms with Gasteiger partial charge in [-0.1, -0.05) is 6.07 Å². The molecule has 0 fully saturated rings. The number of carbonyl (C=O) groups excluding carboxylic acids is 1. The van der Waals surface area contributed by atoms with Crippen LogP contribution in [0.4, 0.5) is 11.6 Å². The number of pyridine rings is 1. The molecule has 0 atom stereocenters. The number of ether oxygens (including phenoxy) is 1. The number of nitrogens with zero attached hydrogens (tertiary/aromatic N) is 2. The summed E-state index contributed by atoms with van der Waals surface area (Å²) in [5, 5.41) is 0. The monoisotopic (exact) mass is 195 g/mol. The van der Waals surface area contributed by atoms with E-state index in [1.54, 1.807) is 30.1 Å². The lowest BCUT2D eigenvalue weighted by Gasteiger charge is -2.16. The van der Waals surface area contributed by atoms with Crippen molar-refractivity contribution in [2.45, 2.75) is 0 Å². The van der Waals surface area contributed by atoms with Crippen molar-refractivity contribution >= 4 is 17.6 Å². The van der Waals surface area contributed by atoms with Crippen LogP contribution in [0, 0.1) is 0 Å². The maximum atomic E-state index is 11.0. The highest BCUT2D eigenvalue weighted by Crippen LogP contribution is 2.09. The van der Waals surface area contributed by atoms with Crippen LogP contribution in [-0.2, 0) is 9.53 Å². The zero-order chi connectivity index (χ0) is 10.6. The normalized spacial score (nSPS) is 9.57. The largest absolute Gasteiger partial charge is 0.468 e. The lowest BCUT2D eigenvalue weighted by molar-refractivity contribution is -0.138. The van der Waals surface area contributed by atoms with Crippen LogP contribution < -0.4 is 10.6 Å². The molecule has 14 heavy (non-hydrogen) atoms. The standard InChI is InChI=1S/C9H13N3O2/c1-12(6-9(13)14-2)8-5-3-4-7(10)11-8/h3-5H,6H2,1-2H3,(H2,10,11). The molecule has 5 nitrogen and oxygen atoms in total. The van der Waals surface area contributed by atoms with E-state index in [0.717, 1.165) is 0 Å². The summed E-state index contributed by atoms with van der Waals surface area (Å²) in [5.41, 5.74) is 5.51. The van der Waals surface area contributed by atoms with Crippen molar-refractivity contribution < 1.29 is 9.53 Å². The number of nitrogens with two attached hydrogens (primary N) is 1. The maximum absolute atomic E-state index is 11.0. The van der Waals surface area contributed by atoms with Gasteiger partial charge in [0.2, 0.25) is 0 Å². The van der Waals surface area contributed by atoms with E-state index in [9.17, 15) is 4.79 Å². The van der Waals surface area contributed by atoms with Crippen molar-refractivity contribution in [1.29, 1.82) is 0 Å². The third kappa shape index (κ3) is 2.62. The molecule has 1 heterocycles. The second-order valence-corrected chi connectivity index (χ2v) is 2.85. The Hall–Kier alpha value is -1.78. The summed E-state index contributed by atoms with van der Waals surface area (Å²) >= 11 is 0. The van der Waals surface area contributed by atoms with Crippen molar-refractivity contribution in [2.75, 3.05) is 31.3 Å². The number of likely N-dealkylation sites (N-methyl/N-ethyl adjacent to an activating group) is 1. The Kier molecular flexibility index (Phi) is 3.28. The number of esters is 1. The van der Waals surface area contributed by atoms with Gasteiger partial charge < -0.3 is 15.4 Å². The molecule has 0 aliphatic carbocycles. The number of aromatic nitrogens is 1. The molecule has 0 spiro atoms. The molecular weight excluding hydrogens is 182 g/mol. The molecule has 0 unspecified atom stereocenters. The van der Waals surface area contributed by atoms with Gasteiger partial charge >= 0.3 is 5.97 Å². The number of nitrogen functional groups attached to an aromatic ring is 1. The number of anilines is 2. The van der Waals surface area contributed by atoms with Crippen LogP contribution in [0.25, 0.3) is 0 Å². The van der Waals surface area contributed by atoms with Gasteiger partial charge in [-0.05, 0) is 12.1 Å². The Bertz CT molecular complexity index is 328. The van der Waals surface area contributed by atoms with Gasteiger partial charge in [0.25, 0.3) is 0 Å². The number of hydrogen-bond acceptors (Lipinski definition) is 5. The molecular formula is C9H13N3O2. The zero-order valence-corrected chi connectivity index (χ0v) is 8.23. The highest BCUT2D eigenvalue weighted by atomic mass is 16.5. The summed E-state index contributed by atoms with van der Waals surface area (Å²) in [4.78, 5) is 16.7. The van der Waals surface area contributed by atoms with Crippen LogP contribution in [0.15, 0.2) is 18.2 Å². The van der Waals surface area contributed by atoms with E-state index in [-0.39, 0.29) is 12.5 Å². The minimum atomic E-state index is -0.309. The lowest BCUT2D eigenvalue weighted by Crippen LogP contribution is -2.27. The lowest BCUT2D eigenvalue weighted by atomic mass is 10.4. The van der Waals surface area contributed by atoms with Crippen LogP contribution in [0.5, 0.6) is 0 Å². The molecule has 0 bridgehead atoms. The zero-order valence-electron chi connectivity index (χ0n) is 8.23. The third-order valence-electron chi connectivity index (χ3n) is 1.74. The third-order valence-corrected chi connectivity index (χ3v) is 1.74. The van der Waals surface area contributed by atoms with Gasteiger partial charge in [-0.15, -0.1) is 0 Å². The first-order valence-corrected chi connectivity index (χ1v) is 4.14. The van der Waals surface area contributed by atoms with Crippen LogP contribution >= 0.6 is 0 Å². The van der Waals surface area contributed by atoms with Gasteiger partial charge in [-0.3, -0.25) is 4.79 Å². The predicted octanol–water partition coefficient (Wildman–Crippen LogP) is 0.273. The Balaban J connectivity index is 2.69. The topological polar surface area (TPSA) is 68.5 Å². The van der Waals surface area contributed by atoms with E-state index in [2.05, 4.69) is 9.72 Å². The Morgan fingerprint density at radius 3 is 2.93 bits per heavy atom. The van der Waals surface area contributed by atoms with Crippen molar-refractivity contribution in [3.63, 3.8) is 0 Å². The number of carbonyl (C=O) groups is 1. The first-order chi connectivity index (χ1) is 6.63. The summed E-state index contributed by atoms with van der Waals surface area (Å²) in [6, 6.07) is 5.25. The smallest absolute Gasteiger partial charge is 0.325 e. The number of rotatable bonds is 3. The van der Waals surface area contributed by atoms with Crippen molar-refractivity contribution in [1.82, 2.24) is 4.98 Å². The maximum Gasteiger partial charge on any atom is 0.325 e. The molecule has 0 aliphatic heterocycles. The van der Waals surface area contributed by atoms with Crippen molar-refractivity contribution in [3.05, 3.63) is 18.2 Å². The molecule has 0 aromatic carbocycles. The van der Waals surface area contributed by atoms with E-state index in [0.29, 0.717) is 11.6 Å². The van der Waals surface area contributed by atoms with E-state index in [1.165, 1.54) is 7.11 Å². The Morgan fingerprint density at radius 2 is 2.36 bits per heavy atom. The molecule has 1 aromatic rings. The summed E-state index contributed by atoms with van der Waals surface area (Å²) in [7, 11) is 3.10. The Labute approximate surface area is 82.5 Å². The van der Waals surface area contributed by atoms with E-state index in [4.69, 9.17) is 5.73 Å². The minimum Gasteiger partial charge on any atom is -0.468 e. The fraction of sp³-hybridized carbons (Fsp3) is 0.333. The molecule has 0 aliphatic rings. The molecule has 1 rings (SSSR count). The van der Waals surface area contributed by atoms with Gasteiger partial charge in [-0.2, -0.15) is 0 Å². The fourth-order valence-electron chi connectivity index (χ4n) is 0.991. The quantitative estimate of drug-likeness (QED) is 0.701. The highest BCUT2D eigenvalue weighted by molar-refractivity contribution is 5.75. The van der Waals surface area contributed by atoms with Gasteiger partial charge in [0.15, 0.2) is 0 Å². The Morgan fingerprint density at radius 1 is 1.64 bits per heavy atom. The van der Waals surface area contributed by atoms with Gasteiger partial charge in [-0.25, -0.2) is 4.98 Å². The van der Waals surface area contributed by atoms with E-state index >= 15 is 0 Å². The van der Waals surface area contributed by atoms with Crippen LogP contribution in [0.3, 0.4) is 0 Å². The molecule has 2 N–H and O–H groups in total. The summed E-state index contributed by atoms with van der Waals surface area (Å²) < 4.78 is 4.53. The molecule has 1 aromatic heterocycles. The molecule has 5 heteroatoms. The first kappa shape index (κ1) is 10.3. The molecule has 0 saturated carbocycles. The molecule has 76 valence electrons. The van der Waals surface area contributed by atoms with Crippen molar-refractivity contribution in [2.24, 2.45) is 0 Å². The summed E-state index contributed by atoms with van der Waals surface area (Å²) in [6.07, 6.45) is 0. The summed E-state index contributed by atoms with van der Waals surface area (Å²) in [6.45, 7) is 0.160. The van der Waals surface area contributed by atoms with Crippen molar-refractivity contribution in [3.8, 4) is 0 Å². The average Bonchev–Trinajstić information content (AvgIpc) is 2.17. The minimum absolute atomic E-state index is 0.160. The van der Waals surface area contributed by atoms with Crippen LogP contribution in [0.1, 0.15) is 0 Å². The molecule has 0 amide bonds. The summed E-state index contributed by atoms with van der Waals surface area (Å²) in [5.74, 6) is 0.770. The highest BCUT2D eigenvalue weighted by Gasteiger charge is 2.07. The van der Waals surface area contributed by atoms with E-state index < -0.39 is 0 Å². The predicted molar refractivity (Wildman–Crippen MR) is 53.9 cm³/mol. The van der Waals surface area contributed by atoms with Gasteiger partial charge in [0.05, 0.1) is 7.11 Å². The van der Waals surface area contributed by atoms with Gasteiger partial charge in [0.1, 0.15) is 18.2 Å². The second-order valence-electron chi connectivity index (χ2n) is 2.85. The fourth-order valence-corrected chi connectivity index (χ4v) is 0.991. The van der Waals surface area contributed by atoms with Crippen LogP contribution in [-0.4, -0.2) is 31.7 Å². The first-order valence-electron chi connectivity index (χ1n) is 4.14. The van der Waals surface area contributed by atoms with Crippen LogP contribution in [0.2, 0.25) is 0 Å². The van der Waals surface area contributed by atoms with Gasteiger partial charge in [0, 0.05) is 7.05 Å².